The number of benzene rings is 2. The van der Waals surface area contributed by atoms with Crippen LogP contribution in [0.2, 0.25) is 0 Å². The Morgan fingerprint density at radius 2 is 1.90 bits per heavy atom. The van der Waals surface area contributed by atoms with Crippen LogP contribution in [-0.4, -0.2) is 51.7 Å². The number of para-hydroxylation sites is 1. The van der Waals surface area contributed by atoms with Crippen molar-refractivity contribution < 1.29 is 32.2 Å². The van der Waals surface area contributed by atoms with Crippen LogP contribution in [0, 0.1) is 12.8 Å². The van der Waals surface area contributed by atoms with Gasteiger partial charge in [0, 0.05) is 22.9 Å². The van der Waals surface area contributed by atoms with Crippen LogP contribution in [0.1, 0.15) is 60.2 Å². The Balaban J connectivity index is 1.53. The lowest BCUT2D eigenvalue weighted by atomic mass is 9.84. The Morgan fingerprint density at radius 3 is 2.61 bits per heavy atom. The fraction of sp³-hybridized carbons (Fsp3) is 0.452. The van der Waals surface area contributed by atoms with E-state index in [0.29, 0.717) is 25.4 Å². The molecule has 2 unspecified atom stereocenters. The Labute approximate surface area is 246 Å². The minimum Gasteiger partial charge on any atom is -0.488 e. The number of thiophene rings is 1. The number of carbonyl (C=O) groups excluding carboxylic acids is 1. The van der Waals surface area contributed by atoms with E-state index in [2.05, 4.69) is 0 Å². The first kappa shape index (κ1) is 29.7. The molecule has 0 aliphatic carbocycles. The molecule has 2 aromatic carbocycles. The zero-order chi connectivity index (χ0) is 29.4. The van der Waals surface area contributed by atoms with E-state index >= 15 is 0 Å². The van der Waals surface area contributed by atoms with Crippen molar-refractivity contribution >= 4 is 27.3 Å². The van der Waals surface area contributed by atoms with Crippen molar-refractivity contribution in [2.45, 2.75) is 63.4 Å². The van der Waals surface area contributed by atoms with Gasteiger partial charge < -0.3 is 18.9 Å². The second-order valence-corrected chi connectivity index (χ2v) is 13.6. The van der Waals surface area contributed by atoms with E-state index in [0.717, 1.165) is 27.1 Å². The van der Waals surface area contributed by atoms with Crippen molar-refractivity contribution in [3.05, 3.63) is 81.0 Å². The predicted molar refractivity (Wildman–Crippen MR) is 157 cm³/mol. The van der Waals surface area contributed by atoms with Gasteiger partial charge in [0.15, 0.2) is 5.79 Å². The van der Waals surface area contributed by atoms with Gasteiger partial charge in [-0.05, 0) is 60.5 Å². The molecule has 5 rings (SSSR count). The van der Waals surface area contributed by atoms with Crippen LogP contribution in [0.5, 0.6) is 5.75 Å². The number of sulfonamides is 1. The van der Waals surface area contributed by atoms with Crippen molar-refractivity contribution in [3.63, 3.8) is 0 Å². The molecule has 0 amide bonds. The Bertz CT molecular complexity index is 1510. The summed E-state index contributed by atoms with van der Waals surface area (Å²) in [5, 5.41) is 2.01. The average Bonchev–Trinajstić information content (AvgIpc) is 3.62. The first-order valence-electron chi connectivity index (χ1n) is 13.9. The van der Waals surface area contributed by atoms with Crippen molar-refractivity contribution in [2.24, 2.45) is 5.92 Å². The summed E-state index contributed by atoms with van der Waals surface area (Å²) >= 11 is 1.55. The van der Waals surface area contributed by atoms with E-state index in [1.807, 2.05) is 57.3 Å². The van der Waals surface area contributed by atoms with Crippen LogP contribution in [-0.2, 0) is 41.4 Å². The largest absolute Gasteiger partial charge is 0.488 e. The highest BCUT2D eigenvalue weighted by Gasteiger charge is 2.37. The molecule has 1 fully saturated rings. The highest BCUT2D eigenvalue weighted by Crippen LogP contribution is 2.41. The average molecular weight is 600 g/mol. The van der Waals surface area contributed by atoms with Crippen molar-refractivity contribution in [3.8, 4) is 5.75 Å². The van der Waals surface area contributed by atoms with Gasteiger partial charge in [-0.25, -0.2) is 8.42 Å². The summed E-state index contributed by atoms with van der Waals surface area (Å²) in [7, 11) is -2.41. The molecule has 2 aliphatic heterocycles. The fourth-order valence-electron chi connectivity index (χ4n) is 5.51. The molecule has 2 aliphatic rings. The molecule has 1 aromatic heterocycles. The summed E-state index contributed by atoms with van der Waals surface area (Å²) in [4.78, 5) is 14.0. The maximum atomic E-state index is 13.8. The zero-order valence-electron chi connectivity index (χ0n) is 24.1. The molecule has 0 spiro atoms. The molecule has 1 saturated heterocycles. The van der Waals surface area contributed by atoms with E-state index in [1.165, 1.54) is 11.4 Å². The van der Waals surface area contributed by atoms with Crippen LogP contribution in [0.25, 0.3) is 0 Å². The SMILES string of the molecule is CC[C@@H]1CN(Cc2cc(C(c3cc(C4(C)OCCO4)cs3)C(C)C(=O)OC)ccc2C)S(=O)(=O)c2ccccc2O1. The lowest BCUT2D eigenvalue weighted by molar-refractivity contribution is -0.149. The monoisotopic (exact) mass is 599 g/mol. The topological polar surface area (TPSA) is 91.4 Å². The van der Waals surface area contributed by atoms with Gasteiger partial charge in [-0.1, -0.05) is 44.2 Å². The molecule has 8 nitrogen and oxygen atoms in total. The molecule has 41 heavy (non-hydrogen) atoms. The lowest BCUT2D eigenvalue weighted by Crippen LogP contribution is -2.36. The van der Waals surface area contributed by atoms with Crippen LogP contribution in [0.15, 0.2) is 58.8 Å². The second-order valence-electron chi connectivity index (χ2n) is 10.7. The highest BCUT2D eigenvalue weighted by atomic mass is 32.2. The number of rotatable bonds is 8. The van der Waals surface area contributed by atoms with Gasteiger partial charge in [0.25, 0.3) is 0 Å². The number of methoxy groups -OCH3 is 1. The Kier molecular flexibility index (Phi) is 8.59. The standard InChI is InChI=1S/C31H37NO7S2/c1-6-25-18-32(41(34,35)28-10-8-7-9-26(28)39-25)17-23-15-22(12-11-20(23)2)29(21(3)30(33)36-5)27-16-24(19-40-27)31(4)37-13-14-38-31/h7-12,15-16,19,21,25,29H,6,13-14,17-18H2,1-5H3/t21?,25-,29?/m1/s1. The Hall–Kier alpha value is -2.76. The normalized spacial score (nSPS) is 21.3. The Morgan fingerprint density at radius 1 is 1.17 bits per heavy atom. The summed E-state index contributed by atoms with van der Waals surface area (Å²) in [5.74, 6) is -1.54. The predicted octanol–water partition coefficient (Wildman–Crippen LogP) is 5.58. The third kappa shape index (κ3) is 5.81. The molecule has 0 radical (unpaired) electrons. The molecule has 220 valence electrons. The number of fused-ring (bicyclic) bond motifs is 1. The van der Waals surface area contributed by atoms with Gasteiger partial charge >= 0.3 is 5.97 Å². The molecular formula is C31H37NO7S2. The molecule has 0 bridgehead atoms. The highest BCUT2D eigenvalue weighted by molar-refractivity contribution is 7.89. The zero-order valence-corrected chi connectivity index (χ0v) is 25.7. The molecule has 3 heterocycles. The van der Waals surface area contributed by atoms with Crippen molar-refractivity contribution in [1.82, 2.24) is 4.31 Å². The van der Waals surface area contributed by atoms with Gasteiger partial charge in [-0.15, -0.1) is 11.3 Å². The van der Waals surface area contributed by atoms with Crippen LogP contribution in [0.3, 0.4) is 0 Å². The number of esters is 1. The van der Waals surface area contributed by atoms with Gasteiger partial charge in [0.1, 0.15) is 16.7 Å². The maximum absolute atomic E-state index is 13.8. The third-order valence-corrected chi connectivity index (χ3v) is 10.9. The van der Waals surface area contributed by atoms with Crippen LogP contribution in [0.4, 0.5) is 0 Å². The van der Waals surface area contributed by atoms with Gasteiger partial charge in [-0.2, -0.15) is 4.31 Å². The number of nitrogens with zero attached hydrogens (tertiary/aromatic N) is 1. The van der Waals surface area contributed by atoms with Crippen LogP contribution >= 0.6 is 11.3 Å². The summed E-state index contributed by atoms with van der Waals surface area (Å²) in [6.07, 6.45) is 0.403. The number of aryl methyl sites for hydroxylation is 1. The lowest BCUT2D eigenvalue weighted by Gasteiger charge is -2.26. The summed E-state index contributed by atoms with van der Waals surface area (Å²) in [5.41, 5.74) is 3.65. The quantitative estimate of drug-likeness (QED) is 0.312. The molecule has 10 heteroatoms. The second kappa shape index (κ2) is 11.9. The number of carbonyl (C=O) groups is 1. The van der Waals surface area contributed by atoms with Crippen molar-refractivity contribution in [1.29, 1.82) is 0 Å². The minimum atomic E-state index is -3.80. The van der Waals surface area contributed by atoms with E-state index in [1.54, 1.807) is 35.6 Å². The molecule has 3 aromatic rings. The molecule has 3 atom stereocenters. The maximum Gasteiger partial charge on any atom is 0.309 e. The minimum absolute atomic E-state index is 0.179. The molecular weight excluding hydrogens is 562 g/mol. The van der Waals surface area contributed by atoms with Crippen LogP contribution < -0.4 is 4.74 Å². The molecule has 0 N–H and O–H groups in total. The number of hydrogen-bond acceptors (Lipinski definition) is 8. The first-order valence-corrected chi connectivity index (χ1v) is 16.2. The van der Waals surface area contributed by atoms with E-state index in [-0.39, 0.29) is 36.0 Å². The smallest absolute Gasteiger partial charge is 0.309 e. The summed E-state index contributed by atoms with van der Waals surface area (Å²) < 4.78 is 52.1. The third-order valence-electron chi connectivity index (χ3n) is 8.06. The summed E-state index contributed by atoms with van der Waals surface area (Å²) in [6.45, 7) is 9.21. The summed E-state index contributed by atoms with van der Waals surface area (Å²) in [6, 6.07) is 14.9. The van der Waals surface area contributed by atoms with E-state index in [4.69, 9.17) is 18.9 Å². The van der Waals surface area contributed by atoms with Gasteiger partial charge in [-0.3, -0.25) is 4.79 Å². The van der Waals surface area contributed by atoms with Gasteiger partial charge in [0.2, 0.25) is 10.0 Å². The van der Waals surface area contributed by atoms with Crippen molar-refractivity contribution in [2.75, 3.05) is 26.9 Å². The van der Waals surface area contributed by atoms with E-state index < -0.39 is 21.7 Å². The number of hydrogen-bond donors (Lipinski definition) is 0. The van der Waals surface area contributed by atoms with Gasteiger partial charge in [0.05, 0.1) is 32.8 Å². The molecule has 0 saturated carbocycles. The first-order chi connectivity index (χ1) is 19.6. The number of ether oxygens (including phenoxy) is 4. The fourth-order valence-corrected chi connectivity index (χ4v) is 8.30. The van der Waals surface area contributed by atoms with E-state index in [9.17, 15) is 13.2 Å².